The molecule has 6 nitrogen and oxygen atoms in total. The van der Waals surface area contributed by atoms with Gasteiger partial charge in [-0.1, -0.05) is 16.8 Å². The normalized spacial score (nSPS) is 12.0. The molecule has 2 aromatic rings. The standard InChI is InChI=1S/C13H16ClN3O3S/c1-9-5-12(16-20-9)8-21(18,19)17(2)7-10-6-11(15)3-4-13(10)14/h3-6H,7-8,15H2,1-2H3. The van der Waals surface area contributed by atoms with Crippen molar-refractivity contribution in [3.8, 4) is 0 Å². The molecular formula is C13H16ClN3O3S. The Morgan fingerprint density at radius 3 is 2.71 bits per heavy atom. The number of hydrogen-bond acceptors (Lipinski definition) is 5. The highest BCUT2D eigenvalue weighted by atomic mass is 35.5. The van der Waals surface area contributed by atoms with Gasteiger partial charge in [-0.25, -0.2) is 12.7 Å². The minimum Gasteiger partial charge on any atom is -0.399 e. The van der Waals surface area contributed by atoms with Gasteiger partial charge >= 0.3 is 0 Å². The number of aryl methyl sites for hydroxylation is 1. The molecule has 1 heterocycles. The minimum absolute atomic E-state index is 0.142. The topological polar surface area (TPSA) is 89.4 Å². The fraction of sp³-hybridized carbons (Fsp3) is 0.308. The van der Waals surface area contributed by atoms with Crippen molar-refractivity contribution in [2.45, 2.75) is 19.2 Å². The zero-order chi connectivity index (χ0) is 15.6. The number of rotatable bonds is 5. The Balaban J connectivity index is 2.14. The average Bonchev–Trinajstić information content (AvgIpc) is 2.78. The Labute approximate surface area is 128 Å². The van der Waals surface area contributed by atoms with Gasteiger partial charge in [-0.2, -0.15) is 0 Å². The van der Waals surface area contributed by atoms with Crippen LogP contribution in [0.1, 0.15) is 17.0 Å². The molecule has 21 heavy (non-hydrogen) atoms. The number of aromatic nitrogens is 1. The quantitative estimate of drug-likeness (QED) is 0.849. The van der Waals surface area contributed by atoms with Crippen molar-refractivity contribution >= 4 is 27.3 Å². The van der Waals surface area contributed by atoms with Gasteiger partial charge in [0.15, 0.2) is 0 Å². The van der Waals surface area contributed by atoms with Crippen LogP contribution in [0.4, 0.5) is 5.69 Å². The summed E-state index contributed by atoms with van der Waals surface area (Å²) in [4.78, 5) is 0. The summed E-state index contributed by atoms with van der Waals surface area (Å²) in [6, 6.07) is 6.57. The molecule has 114 valence electrons. The van der Waals surface area contributed by atoms with Crippen molar-refractivity contribution < 1.29 is 12.9 Å². The van der Waals surface area contributed by atoms with Crippen LogP contribution in [-0.4, -0.2) is 24.9 Å². The van der Waals surface area contributed by atoms with E-state index in [4.69, 9.17) is 21.9 Å². The van der Waals surface area contributed by atoms with Crippen LogP contribution < -0.4 is 5.73 Å². The van der Waals surface area contributed by atoms with Gasteiger partial charge in [-0.3, -0.25) is 0 Å². The Hall–Kier alpha value is -1.57. The predicted molar refractivity (Wildman–Crippen MR) is 81.2 cm³/mol. The van der Waals surface area contributed by atoms with Crippen molar-refractivity contribution in [3.05, 3.63) is 46.3 Å². The second-order valence-corrected chi connectivity index (χ2v) is 7.28. The van der Waals surface area contributed by atoms with Crippen molar-refractivity contribution in [1.29, 1.82) is 0 Å². The highest BCUT2D eigenvalue weighted by Crippen LogP contribution is 2.22. The molecule has 0 atom stereocenters. The monoisotopic (exact) mass is 329 g/mol. The number of anilines is 1. The van der Waals surface area contributed by atoms with E-state index in [9.17, 15) is 8.42 Å². The first-order valence-electron chi connectivity index (χ1n) is 6.18. The number of halogens is 1. The summed E-state index contributed by atoms with van der Waals surface area (Å²) in [5, 5.41) is 4.17. The van der Waals surface area contributed by atoms with E-state index in [1.165, 1.54) is 11.4 Å². The van der Waals surface area contributed by atoms with Crippen molar-refractivity contribution in [3.63, 3.8) is 0 Å². The number of sulfonamides is 1. The zero-order valence-corrected chi connectivity index (χ0v) is 13.3. The van der Waals surface area contributed by atoms with Gasteiger partial charge in [0.25, 0.3) is 0 Å². The maximum absolute atomic E-state index is 12.3. The lowest BCUT2D eigenvalue weighted by molar-refractivity contribution is 0.391. The Bertz CT molecular complexity index is 743. The van der Waals surface area contributed by atoms with E-state index in [2.05, 4.69) is 5.16 Å². The fourth-order valence-corrected chi connectivity index (χ4v) is 3.08. The summed E-state index contributed by atoms with van der Waals surface area (Å²) in [7, 11) is -2.03. The molecule has 0 bridgehead atoms. The molecule has 0 spiro atoms. The minimum atomic E-state index is -3.52. The van der Waals surface area contributed by atoms with Gasteiger partial charge in [-0.05, 0) is 30.7 Å². The van der Waals surface area contributed by atoms with E-state index in [1.807, 2.05) is 0 Å². The van der Waals surface area contributed by atoms with E-state index in [-0.39, 0.29) is 12.3 Å². The first kappa shape index (κ1) is 15.8. The zero-order valence-electron chi connectivity index (χ0n) is 11.7. The highest BCUT2D eigenvalue weighted by molar-refractivity contribution is 7.88. The van der Waals surface area contributed by atoms with Crippen LogP contribution in [0.25, 0.3) is 0 Å². The summed E-state index contributed by atoms with van der Waals surface area (Å²) in [5.74, 6) is 0.350. The molecule has 8 heteroatoms. The average molecular weight is 330 g/mol. The van der Waals surface area contributed by atoms with E-state index in [0.29, 0.717) is 27.7 Å². The van der Waals surface area contributed by atoms with E-state index in [1.54, 1.807) is 31.2 Å². The Morgan fingerprint density at radius 2 is 2.10 bits per heavy atom. The molecule has 0 saturated heterocycles. The second-order valence-electron chi connectivity index (χ2n) is 4.79. The third-order valence-electron chi connectivity index (χ3n) is 2.94. The number of nitrogens with zero attached hydrogens (tertiary/aromatic N) is 2. The Kier molecular flexibility index (Phi) is 4.55. The molecule has 2 N–H and O–H groups in total. The predicted octanol–water partition coefficient (Wildman–Crippen LogP) is 2.18. The summed E-state index contributed by atoms with van der Waals surface area (Å²) in [5.41, 5.74) is 7.25. The number of benzene rings is 1. The second kappa shape index (κ2) is 6.05. The molecule has 1 aromatic heterocycles. The van der Waals surface area contributed by atoms with Gasteiger partial charge < -0.3 is 10.3 Å². The number of nitrogens with two attached hydrogens (primary N) is 1. The van der Waals surface area contributed by atoms with Crippen LogP contribution in [0.5, 0.6) is 0 Å². The van der Waals surface area contributed by atoms with Crippen LogP contribution in [0, 0.1) is 6.92 Å². The molecule has 0 aliphatic rings. The van der Waals surface area contributed by atoms with Crippen LogP contribution >= 0.6 is 11.6 Å². The molecule has 0 fully saturated rings. The maximum Gasteiger partial charge on any atom is 0.220 e. The lowest BCUT2D eigenvalue weighted by Crippen LogP contribution is -2.28. The third kappa shape index (κ3) is 3.96. The van der Waals surface area contributed by atoms with Gasteiger partial charge in [0.2, 0.25) is 10.0 Å². The van der Waals surface area contributed by atoms with E-state index in [0.717, 1.165) is 0 Å². The smallest absolute Gasteiger partial charge is 0.220 e. The summed E-state index contributed by atoms with van der Waals surface area (Å²) in [6.07, 6.45) is 0. The van der Waals surface area contributed by atoms with Crippen molar-refractivity contribution in [2.75, 3.05) is 12.8 Å². The molecule has 1 aromatic carbocycles. The van der Waals surface area contributed by atoms with Crippen LogP contribution in [0.3, 0.4) is 0 Å². The lowest BCUT2D eigenvalue weighted by Gasteiger charge is -2.17. The lowest BCUT2D eigenvalue weighted by atomic mass is 10.2. The van der Waals surface area contributed by atoms with Crippen molar-refractivity contribution in [1.82, 2.24) is 9.46 Å². The molecule has 0 unspecified atom stereocenters. The van der Waals surface area contributed by atoms with E-state index < -0.39 is 10.0 Å². The molecule has 0 radical (unpaired) electrons. The largest absolute Gasteiger partial charge is 0.399 e. The molecule has 0 amide bonds. The molecule has 0 aliphatic heterocycles. The molecule has 2 rings (SSSR count). The van der Waals surface area contributed by atoms with Gasteiger partial charge in [0.1, 0.15) is 17.2 Å². The maximum atomic E-state index is 12.3. The van der Waals surface area contributed by atoms with Gasteiger partial charge in [0.05, 0.1) is 0 Å². The van der Waals surface area contributed by atoms with Gasteiger partial charge in [0, 0.05) is 30.4 Å². The van der Waals surface area contributed by atoms with E-state index >= 15 is 0 Å². The highest BCUT2D eigenvalue weighted by Gasteiger charge is 2.21. The third-order valence-corrected chi connectivity index (χ3v) is 5.05. The molecular weight excluding hydrogens is 314 g/mol. The number of nitrogen functional groups attached to an aromatic ring is 1. The van der Waals surface area contributed by atoms with Crippen LogP contribution in [0.2, 0.25) is 5.02 Å². The summed E-state index contributed by atoms with van der Waals surface area (Å²) >= 11 is 6.05. The van der Waals surface area contributed by atoms with Crippen molar-refractivity contribution in [2.24, 2.45) is 0 Å². The molecule has 0 saturated carbocycles. The first-order valence-corrected chi connectivity index (χ1v) is 8.17. The summed E-state index contributed by atoms with van der Waals surface area (Å²) < 4.78 is 30.7. The van der Waals surface area contributed by atoms with Crippen LogP contribution in [0.15, 0.2) is 28.8 Å². The van der Waals surface area contributed by atoms with Crippen LogP contribution in [-0.2, 0) is 22.3 Å². The SMILES string of the molecule is Cc1cc(CS(=O)(=O)N(C)Cc2cc(N)ccc2Cl)no1. The Morgan fingerprint density at radius 1 is 1.38 bits per heavy atom. The first-order chi connectivity index (χ1) is 9.78. The molecule has 0 aliphatic carbocycles. The fourth-order valence-electron chi connectivity index (χ4n) is 1.84. The van der Waals surface area contributed by atoms with Gasteiger partial charge in [-0.15, -0.1) is 0 Å². The number of hydrogen-bond donors (Lipinski definition) is 1. The summed E-state index contributed by atoms with van der Waals surface area (Å²) in [6.45, 7) is 1.85.